The number of nitrogens with one attached hydrogen (secondary N) is 1. The molecule has 0 radical (unpaired) electrons. The number of carbonyl (C=O) groups excluding carboxylic acids is 1. The van der Waals surface area contributed by atoms with Crippen molar-refractivity contribution in [2.45, 2.75) is 37.8 Å². The zero-order valence-corrected chi connectivity index (χ0v) is 13.5. The van der Waals surface area contributed by atoms with Gasteiger partial charge in [-0.1, -0.05) is 17.3 Å². The maximum absolute atomic E-state index is 12.5. The van der Waals surface area contributed by atoms with Crippen LogP contribution < -0.4 is 15.0 Å². The van der Waals surface area contributed by atoms with Crippen LogP contribution in [0.15, 0.2) is 12.1 Å². The van der Waals surface area contributed by atoms with E-state index in [4.69, 9.17) is 9.72 Å². The van der Waals surface area contributed by atoms with Gasteiger partial charge >= 0.3 is 6.03 Å². The number of ether oxygens (including phenoxy) is 1. The molecule has 1 aliphatic carbocycles. The van der Waals surface area contributed by atoms with Gasteiger partial charge in [0.1, 0.15) is 11.8 Å². The standard InChI is InChI=1S/C17H15N3O2S/c1-2-3-13-17(7-8-17)19-15(21)20(13)16-18-14-10-6-9-22-11(10)4-5-12(14)23-16/h4-5,13H,6-9H2,1H3,(H,19,21). The van der Waals surface area contributed by atoms with Crippen molar-refractivity contribution >= 4 is 32.7 Å². The maximum atomic E-state index is 12.5. The summed E-state index contributed by atoms with van der Waals surface area (Å²) in [6.07, 6.45) is 2.86. The van der Waals surface area contributed by atoms with E-state index in [9.17, 15) is 4.79 Å². The minimum Gasteiger partial charge on any atom is -0.493 e. The van der Waals surface area contributed by atoms with E-state index in [0.717, 1.165) is 45.9 Å². The van der Waals surface area contributed by atoms with Crippen molar-refractivity contribution in [1.29, 1.82) is 0 Å². The summed E-state index contributed by atoms with van der Waals surface area (Å²) in [5.41, 5.74) is 1.96. The van der Waals surface area contributed by atoms with Gasteiger partial charge in [0, 0.05) is 12.0 Å². The zero-order chi connectivity index (χ0) is 15.6. The minimum absolute atomic E-state index is 0.0813. The molecule has 1 atom stereocenters. The highest BCUT2D eigenvalue weighted by atomic mass is 32.1. The molecule has 116 valence electrons. The number of nitrogens with zero attached hydrogens (tertiary/aromatic N) is 2. The molecule has 1 spiro atoms. The fourth-order valence-electron chi connectivity index (χ4n) is 3.54. The van der Waals surface area contributed by atoms with Gasteiger partial charge in [-0.3, -0.25) is 4.90 Å². The Bertz CT molecular complexity index is 904. The van der Waals surface area contributed by atoms with Gasteiger partial charge in [0.2, 0.25) is 0 Å². The fourth-order valence-corrected chi connectivity index (χ4v) is 4.56. The van der Waals surface area contributed by atoms with E-state index in [1.165, 1.54) is 0 Å². The number of thiazole rings is 1. The lowest BCUT2D eigenvalue weighted by Gasteiger charge is -2.18. The predicted octanol–water partition coefficient (Wildman–Crippen LogP) is 2.69. The molecular formula is C17H15N3O2S. The van der Waals surface area contributed by atoms with Gasteiger partial charge in [-0.05, 0) is 31.9 Å². The van der Waals surface area contributed by atoms with Crippen molar-refractivity contribution in [3.8, 4) is 17.6 Å². The third-order valence-electron chi connectivity index (χ3n) is 4.85. The lowest BCUT2D eigenvalue weighted by Crippen LogP contribution is -2.37. The number of carbonyl (C=O) groups is 1. The number of aromatic nitrogens is 1. The normalized spacial score (nSPS) is 23.4. The topological polar surface area (TPSA) is 54.5 Å². The van der Waals surface area contributed by atoms with E-state index < -0.39 is 0 Å². The summed E-state index contributed by atoms with van der Waals surface area (Å²) in [7, 11) is 0. The van der Waals surface area contributed by atoms with Crippen molar-refractivity contribution in [2.24, 2.45) is 0 Å². The van der Waals surface area contributed by atoms with Crippen molar-refractivity contribution < 1.29 is 9.53 Å². The number of amides is 2. The molecule has 1 saturated carbocycles. The molecule has 1 aromatic heterocycles. The van der Waals surface area contributed by atoms with Gasteiger partial charge in [0.15, 0.2) is 5.13 Å². The molecule has 2 amide bonds. The highest BCUT2D eigenvalue weighted by Gasteiger charge is 2.59. The molecule has 5 rings (SSSR count). The predicted molar refractivity (Wildman–Crippen MR) is 89.0 cm³/mol. The van der Waals surface area contributed by atoms with E-state index in [0.29, 0.717) is 6.61 Å². The Kier molecular flexibility index (Phi) is 2.52. The molecule has 2 fully saturated rings. The molecule has 1 N–H and O–H groups in total. The molecule has 3 heterocycles. The van der Waals surface area contributed by atoms with Gasteiger partial charge in [0.05, 0.1) is 22.4 Å². The highest BCUT2D eigenvalue weighted by molar-refractivity contribution is 7.22. The van der Waals surface area contributed by atoms with Crippen LogP contribution >= 0.6 is 11.3 Å². The third kappa shape index (κ3) is 1.74. The monoisotopic (exact) mass is 325 g/mol. The molecule has 1 unspecified atom stereocenters. The SMILES string of the molecule is CC#CC1N(c2nc3c4c(ccc3s2)OCC4)C(=O)NC12CC2. The highest BCUT2D eigenvalue weighted by Crippen LogP contribution is 2.47. The lowest BCUT2D eigenvalue weighted by molar-refractivity contribution is 0.250. The molecule has 23 heavy (non-hydrogen) atoms. The second kappa shape index (κ2) is 4.39. The Morgan fingerprint density at radius 3 is 3.13 bits per heavy atom. The molecule has 5 nitrogen and oxygen atoms in total. The molecule has 1 saturated heterocycles. The number of hydrogen-bond acceptors (Lipinski definition) is 4. The quantitative estimate of drug-likeness (QED) is 0.820. The number of hydrogen-bond donors (Lipinski definition) is 1. The van der Waals surface area contributed by atoms with Gasteiger partial charge in [-0.15, -0.1) is 5.92 Å². The second-order valence-corrected chi connectivity index (χ2v) is 7.25. The van der Waals surface area contributed by atoms with Gasteiger partial charge in [0.25, 0.3) is 0 Å². The molecule has 2 aromatic rings. The average molecular weight is 325 g/mol. The van der Waals surface area contributed by atoms with Gasteiger partial charge in [-0.2, -0.15) is 0 Å². The van der Waals surface area contributed by atoms with Crippen LogP contribution in [-0.4, -0.2) is 29.2 Å². The third-order valence-corrected chi connectivity index (χ3v) is 5.87. The summed E-state index contributed by atoms with van der Waals surface area (Å²) in [5, 5.41) is 3.84. The Morgan fingerprint density at radius 2 is 2.35 bits per heavy atom. The van der Waals surface area contributed by atoms with Crippen LogP contribution in [0.5, 0.6) is 5.75 Å². The number of benzene rings is 1. The van der Waals surface area contributed by atoms with E-state index >= 15 is 0 Å². The number of anilines is 1. The first-order chi connectivity index (χ1) is 11.2. The van der Waals surface area contributed by atoms with Crippen molar-refractivity contribution in [3.63, 3.8) is 0 Å². The van der Waals surface area contributed by atoms with Crippen LogP contribution in [0.2, 0.25) is 0 Å². The summed E-state index contributed by atoms with van der Waals surface area (Å²) in [5.74, 6) is 7.10. The smallest absolute Gasteiger partial charge is 0.325 e. The first-order valence-corrected chi connectivity index (χ1v) is 8.62. The summed E-state index contributed by atoms with van der Waals surface area (Å²) in [6.45, 7) is 2.53. The Hall–Kier alpha value is -2.26. The summed E-state index contributed by atoms with van der Waals surface area (Å²) >= 11 is 1.55. The van der Waals surface area contributed by atoms with E-state index in [2.05, 4.69) is 17.2 Å². The zero-order valence-electron chi connectivity index (χ0n) is 12.7. The van der Waals surface area contributed by atoms with Crippen LogP contribution in [-0.2, 0) is 6.42 Å². The second-order valence-electron chi connectivity index (χ2n) is 6.24. The first kappa shape index (κ1) is 13.2. The maximum Gasteiger partial charge on any atom is 0.325 e. The Morgan fingerprint density at radius 1 is 1.48 bits per heavy atom. The minimum atomic E-state index is -0.164. The number of urea groups is 1. The Balaban J connectivity index is 1.64. The van der Waals surface area contributed by atoms with Crippen LogP contribution in [0.3, 0.4) is 0 Å². The molecule has 0 bridgehead atoms. The Labute approximate surface area is 137 Å². The molecule has 6 heteroatoms. The van der Waals surface area contributed by atoms with Crippen LogP contribution in [0.1, 0.15) is 25.3 Å². The lowest BCUT2D eigenvalue weighted by atomic mass is 10.1. The molecule has 3 aliphatic rings. The summed E-state index contributed by atoms with van der Waals surface area (Å²) in [4.78, 5) is 19.0. The van der Waals surface area contributed by atoms with E-state index in [-0.39, 0.29) is 17.6 Å². The molecular weight excluding hydrogens is 310 g/mol. The molecule has 1 aromatic carbocycles. The van der Waals surface area contributed by atoms with E-state index in [1.54, 1.807) is 16.2 Å². The average Bonchev–Trinajstić information content (AvgIpc) is 2.89. The fraction of sp³-hybridized carbons (Fsp3) is 0.412. The number of fused-ring (bicyclic) bond motifs is 3. The van der Waals surface area contributed by atoms with Crippen molar-refractivity contribution in [3.05, 3.63) is 17.7 Å². The summed E-state index contributed by atoms with van der Waals surface area (Å²) in [6, 6.07) is 3.83. The van der Waals surface area contributed by atoms with E-state index in [1.807, 2.05) is 19.1 Å². The number of rotatable bonds is 1. The van der Waals surface area contributed by atoms with Crippen molar-refractivity contribution in [2.75, 3.05) is 11.5 Å². The summed E-state index contributed by atoms with van der Waals surface area (Å²) < 4.78 is 6.71. The molecule has 2 aliphatic heterocycles. The van der Waals surface area contributed by atoms with Crippen molar-refractivity contribution in [1.82, 2.24) is 10.3 Å². The van der Waals surface area contributed by atoms with Crippen LogP contribution in [0.4, 0.5) is 9.93 Å². The van der Waals surface area contributed by atoms with Gasteiger partial charge < -0.3 is 10.1 Å². The van der Waals surface area contributed by atoms with Gasteiger partial charge in [-0.25, -0.2) is 9.78 Å². The van der Waals surface area contributed by atoms with Crippen LogP contribution in [0.25, 0.3) is 10.2 Å². The largest absolute Gasteiger partial charge is 0.493 e. The first-order valence-electron chi connectivity index (χ1n) is 7.81. The van der Waals surface area contributed by atoms with Crippen LogP contribution in [0, 0.1) is 11.8 Å².